The Hall–Kier alpha value is -2.28. The summed E-state index contributed by atoms with van der Waals surface area (Å²) in [4.78, 5) is 8.89. The summed E-state index contributed by atoms with van der Waals surface area (Å²) in [6.07, 6.45) is 2.53. The van der Waals surface area contributed by atoms with Gasteiger partial charge in [0.25, 0.3) is 0 Å². The topological polar surface area (TPSA) is 104 Å². The van der Waals surface area contributed by atoms with Gasteiger partial charge in [-0.1, -0.05) is 0 Å². The molecule has 1 unspecified atom stereocenters. The standard InChI is InChI=1S/C21H32N6O4.HI/c1-22-21(24-14-6-7-20-25-19(13-28-2)26-27(20)12-14)23-9-8-16-17(30-4)10-15(29-3)11-18(16)31-5;/h10-11,14H,6-9,12-13H2,1-5H3,(H2,22,23,24);1H. The number of hydrogen-bond donors (Lipinski definition) is 2. The van der Waals surface area contributed by atoms with Gasteiger partial charge in [-0.2, -0.15) is 5.10 Å². The molecule has 0 fully saturated rings. The molecule has 2 aromatic rings. The van der Waals surface area contributed by atoms with Crippen molar-refractivity contribution in [3.63, 3.8) is 0 Å². The monoisotopic (exact) mass is 560 g/mol. The van der Waals surface area contributed by atoms with Crippen molar-refractivity contribution in [2.75, 3.05) is 42.0 Å². The molecule has 2 N–H and O–H groups in total. The van der Waals surface area contributed by atoms with E-state index in [0.717, 1.165) is 54.1 Å². The largest absolute Gasteiger partial charge is 0.496 e. The van der Waals surface area contributed by atoms with E-state index in [1.165, 1.54) is 0 Å². The van der Waals surface area contributed by atoms with Crippen LogP contribution in [0.5, 0.6) is 17.2 Å². The molecule has 1 aliphatic heterocycles. The molecule has 10 nitrogen and oxygen atoms in total. The number of rotatable bonds is 9. The highest BCUT2D eigenvalue weighted by Crippen LogP contribution is 2.34. The Morgan fingerprint density at radius 1 is 1.16 bits per heavy atom. The van der Waals surface area contributed by atoms with Crippen LogP contribution in [0.4, 0.5) is 0 Å². The van der Waals surface area contributed by atoms with E-state index in [1.807, 2.05) is 16.8 Å². The lowest BCUT2D eigenvalue weighted by Gasteiger charge is -2.25. The molecule has 1 atom stereocenters. The molecule has 0 aliphatic carbocycles. The highest BCUT2D eigenvalue weighted by Gasteiger charge is 2.22. The second-order valence-electron chi connectivity index (χ2n) is 7.20. The van der Waals surface area contributed by atoms with Crippen LogP contribution in [0.1, 0.15) is 23.6 Å². The summed E-state index contributed by atoms with van der Waals surface area (Å²) in [5.41, 5.74) is 0.976. The predicted molar refractivity (Wildman–Crippen MR) is 133 cm³/mol. The van der Waals surface area contributed by atoms with Gasteiger partial charge in [0.05, 0.1) is 27.9 Å². The van der Waals surface area contributed by atoms with Crippen molar-refractivity contribution in [2.45, 2.75) is 38.5 Å². The van der Waals surface area contributed by atoms with Crippen LogP contribution in [0.15, 0.2) is 17.1 Å². The Bertz CT molecular complexity index is 879. The normalized spacial score (nSPS) is 15.4. The Kier molecular flexibility index (Phi) is 10.3. The van der Waals surface area contributed by atoms with Crippen LogP contribution in [-0.2, 0) is 30.7 Å². The number of benzene rings is 1. The average molecular weight is 560 g/mol. The zero-order valence-corrected chi connectivity index (χ0v) is 21.6. The van der Waals surface area contributed by atoms with E-state index in [0.29, 0.717) is 25.3 Å². The van der Waals surface area contributed by atoms with Gasteiger partial charge in [0, 0.05) is 50.9 Å². The Balaban J connectivity index is 0.00000363. The predicted octanol–water partition coefficient (Wildman–Crippen LogP) is 1.79. The fraction of sp³-hybridized carbons (Fsp3) is 0.571. The third-order valence-corrected chi connectivity index (χ3v) is 5.22. The number of fused-ring (bicyclic) bond motifs is 1. The molecule has 1 aromatic heterocycles. The van der Waals surface area contributed by atoms with Crippen molar-refractivity contribution in [1.82, 2.24) is 25.4 Å². The first-order chi connectivity index (χ1) is 15.1. The van der Waals surface area contributed by atoms with Crippen molar-refractivity contribution in [1.29, 1.82) is 0 Å². The van der Waals surface area contributed by atoms with E-state index in [9.17, 15) is 0 Å². The van der Waals surface area contributed by atoms with E-state index < -0.39 is 0 Å². The summed E-state index contributed by atoms with van der Waals surface area (Å²) < 4.78 is 23.5. The maximum Gasteiger partial charge on any atom is 0.191 e. The van der Waals surface area contributed by atoms with Crippen LogP contribution < -0.4 is 24.8 Å². The van der Waals surface area contributed by atoms with E-state index in [2.05, 4.69) is 25.7 Å². The number of methoxy groups -OCH3 is 4. The van der Waals surface area contributed by atoms with Gasteiger partial charge in [0.15, 0.2) is 11.8 Å². The van der Waals surface area contributed by atoms with E-state index in [-0.39, 0.29) is 30.0 Å². The number of ether oxygens (including phenoxy) is 4. The molecule has 32 heavy (non-hydrogen) atoms. The van der Waals surface area contributed by atoms with Crippen molar-refractivity contribution in [2.24, 2.45) is 4.99 Å². The molecule has 1 aromatic carbocycles. The van der Waals surface area contributed by atoms with Gasteiger partial charge in [-0.15, -0.1) is 24.0 Å². The van der Waals surface area contributed by atoms with Gasteiger partial charge in [0.1, 0.15) is 29.7 Å². The lowest BCUT2D eigenvalue weighted by Crippen LogP contribution is -2.47. The first kappa shape index (κ1) is 26.0. The van der Waals surface area contributed by atoms with Crippen molar-refractivity contribution < 1.29 is 18.9 Å². The molecule has 2 heterocycles. The average Bonchev–Trinajstić information content (AvgIpc) is 3.19. The maximum absolute atomic E-state index is 5.53. The van der Waals surface area contributed by atoms with Gasteiger partial charge >= 0.3 is 0 Å². The number of halogens is 1. The van der Waals surface area contributed by atoms with Crippen molar-refractivity contribution in [3.8, 4) is 17.2 Å². The summed E-state index contributed by atoms with van der Waals surface area (Å²) in [7, 11) is 8.33. The molecule has 11 heteroatoms. The minimum atomic E-state index is 0. The third kappa shape index (κ3) is 6.37. The summed E-state index contributed by atoms with van der Waals surface area (Å²) in [6.45, 7) is 1.84. The summed E-state index contributed by atoms with van der Waals surface area (Å²) >= 11 is 0. The summed E-state index contributed by atoms with van der Waals surface area (Å²) in [5.74, 6) is 4.64. The number of aryl methyl sites for hydroxylation is 1. The van der Waals surface area contributed by atoms with Crippen molar-refractivity contribution in [3.05, 3.63) is 29.3 Å². The Morgan fingerprint density at radius 3 is 2.47 bits per heavy atom. The number of guanidine groups is 1. The van der Waals surface area contributed by atoms with Crippen LogP contribution in [0.3, 0.4) is 0 Å². The molecule has 0 bridgehead atoms. The minimum Gasteiger partial charge on any atom is -0.496 e. The Morgan fingerprint density at radius 2 is 1.88 bits per heavy atom. The molecule has 0 radical (unpaired) electrons. The lowest BCUT2D eigenvalue weighted by atomic mass is 10.1. The molecule has 0 saturated carbocycles. The summed E-state index contributed by atoms with van der Waals surface area (Å²) in [5, 5.41) is 11.4. The second kappa shape index (κ2) is 12.7. The third-order valence-electron chi connectivity index (χ3n) is 5.22. The fourth-order valence-electron chi connectivity index (χ4n) is 3.69. The van der Waals surface area contributed by atoms with E-state index in [4.69, 9.17) is 18.9 Å². The first-order valence-electron chi connectivity index (χ1n) is 10.3. The molecule has 0 amide bonds. The molecular weight excluding hydrogens is 527 g/mol. The SMILES string of the molecule is CN=C(NCCc1c(OC)cc(OC)cc1OC)NC1CCc2nc(COC)nn2C1.I. The number of nitrogens with one attached hydrogen (secondary N) is 2. The fourth-order valence-corrected chi connectivity index (χ4v) is 3.69. The van der Waals surface area contributed by atoms with Gasteiger partial charge in [-0.05, 0) is 12.8 Å². The quantitative estimate of drug-likeness (QED) is 0.272. The second-order valence-corrected chi connectivity index (χ2v) is 7.20. The van der Waals surface area contributed by atoms with Crippen LogP contribution in [0.25, 0.3) is 0 Å². The van der Waals surface area contributed by atoms with Crippen LogP contribution in [0, 0.1) is 0 Å². The van der Waals surface area contributed by atoms with Crippen LogP contribution in [0.2, 0.25) is 0 Å². The molecule has 178 valence electrons. The van der Waals surface area contributed by atoms with E-state index >= 15 is 0 Å². The highest BCUT2D eigenvalue weighted by atomic mass is 127. The van der Waals surface area contributed by atoms with Gasteiger partial charge in [0.2, 0.25) is 0 Å². The number of hydrogen-bond acceptors (Lipinski definition) is 7. The number of aromatic nitrogens is 3. The van der Waals surface area contributed by atoms with Crippen LogP contribution in [-0.4, -0.2) is 68.8 Å². The molecule has 1 aliphatic rings. The van der Waals surface area contributed by atoms with Gasteiger partial charge < -0.3 is 29.6 Å². The highest BCUT2D eigenvalue weighted by molar-refractivity contribution is 14.0. The molecule has 0 spiro atoms. The molecule has 3 rings (SSSR count). The first-order valence-corrected chi connectivity index (χ1v) is 10.3. The zero-order chi connectivity index (χ0) is 22.2. The smallest absolute Gasteiger partial charge is 0.191 e. The van der Waals surface area contributed by atoms with Crippen LogP contribution >= 0.6 is 24.0 Å². The number of nitrogens with zero attached hydrogens (tertiary/aromatic N) is 4. The Labute approximate surface area is 206 Å². The van der Waals surface area contributed by atoms with Gasteiger partial charge in [-0.25, -0.2) is 9.67 Å². The maximum atomic E-state index is 5.53. The van der Waals surface area contributed by atoms with Crippen molar-refractivity contribution >= 4 is 29.9 Å². The van der Waals surface area contributed by atoms with Gasteiger partial charge in [-0.3, -0.25) is 4.99 Å². The summed E-state index contributed by atoms with van der Waals surface area (Å²) in [6, 6.07) is 3.95. The minimum absolute atomic E-state index is 0. The lowest BCUT2D eigenvalue weighted by molar-refractivity contribution is 0.177. The number of aliphatic imine (C=N–C) groups is 1. The van der Waals surface area contributed by atoms with E-state index in [1.54, 1.807) is 35.5 Å². The molecular formula is C21H33IN6O4. The zero-order valence-electron chi connectivity index (χ0n) is 19.3. The molecule has 0 saturated heterocycles.